The second kappa shape index (κ2) is 9.44. The van der Waals surface area contributed by atoms with Crippen LogP contribution < -0.4 is 5.32 Å². The first-order valence-electron chi connectivity index (χ1n) is 9.15. The Hall–Kier alpha value is -2.04. The van der Waals surface area contributed by atoms with E-state index in [1.54, 1.807) is 36.1 Å². The predicted octanol–water partition coefficient (Wildman–Crippen LogP) is 4.87. The first kappa shape index (κ1) is 22.3. The first-order valence-corrected chi connectivity index (χ1v) is 9.91. The van der Waals surface area contributed by atoms with Crippen LogP contribution in [0.3, 0.4) is 0 Å². The molecule has 0 aliphatic heterocycles. The molecule has 6 heteroatoms. The summed E-state index contributed by atoms with van der Waals surface area (Å²) in [6.07, 6.45) is 0.192. The molecule has 2 aromatic carbocycles. The van der Waals surface area contributed by atoms with Gasteiger partial charge >= 0.3 is 0 Å². The van der Waals surface area contributed by atoms with Crippen LogP contribution in [0.1, 0.15) is 38.8 Å². The fraction of sp³-hybridized carbons (Fsp3) is 0.364. The van der Waals surface area contributed by atoms with Gasteiger partial charge in [0.1, 0.15) is 6.04 Å². The highest BCUT2D eigenvalue weighted by atomic mass is 35.5. The minimum Gasteiger partial charge on any atom is -0.350 e. The molecule has 28 heavy (non-hydrogen) atoms. The first-order chi connectivity index (χ1) is 13.0. The standard InChI is InChI=1S/C22H26Cl2N2O2/c1-15(21(28)25-22(2,3)4)26(14-17-7-11-19(24)12-8-17)20(27)13-16-5-9-18(23)10-6-16/h5-12,15H,13-14H2,1-4H3,(H,25,28). The van der Waals surface area contributed by atoms with Crippen molar-refractivity contribution in [2.75, 3.05) is 0 Å². The monoisotopic (exact) mass is 420 g/mol. The van der Waals surface area contributed by atoms with E-state index in [1.165, 1.54) is 0 Å². The number of nitrogens with zero attached hydrogens (tertiary/aromatic N) is 1. The van der Waals surface area contributed by atoms with Crippen LogP contribution in [0, 0.1) is 0 Å². The van der Waals surface area contributed by atoms with Crippen molar-refractivity contribution in [1.29, 1.82) is 0 Å². The lowest BCUT2D eigenvalue weighted by Gasteiger charge is -2.31. The van der Waals surface area contributed by atoms with E-state index in [1.807, 2.05) is 45.0 Å². The van der Waals surface area contributed by atoms with E-state index in [9.17, 15) is 9.59 Å². The Morgan fingerprint density at radius 2 is 1.39 bits per heavy atom. The lowest BCUT2D eigenvalue weighted by Crippen LogP contribution is -2.52. The van der Waals surface area contributed by atoms with Crippen LogP contribution in [0.2, 0.25) is 10.0 Å². The highest BCUT2D eigenvalue weighted by Gasteiger charge is 2.28. The van der Waals surface area contributed by atoms with Crippen molar-refractivity contribution < 1.29 is 9.59 Å². The Morgan fingerprint density at radius 1 is 0.929 bits per heavy atom. The maximum atomic E-state index is 13.1. The second-order valence-electron chi connectivity index (χ2n) is 7.87. The van der Waals surface area contributed by atoms with Gasteiger partial charge in [0.15, 0.2) is 0 Å². The zero-order valence-electron chi connectivity index (χ0n) is 16.6. The van der Waals surface area contributed by atoms with Gasteiger partial charge < -0.3 is 10.2 Å². The molecule has 0 heterocycles. The fourth-order valence-electron chi connectivity index (χ4n) is 2.72. The van der Waals surface area contributed by atoms with Crippen LogP contribution in [0.4, 0.5) is 0 Å². The molecule has 0 fully saturated rings. The van der Waals surface area contributed by atoms with Crippen LogP contribution in [0.25, 0.3) is 0 Å². The number of hydrogen-bond donors (Lipinski definition) is 1. The van der Waals surface area contributed by atoms with Crippen molar-refractivity contribution in [2.45, 2.75) is 52.2 Å². The van der Waals surface area contributed by atoms with Gasteiger partial charge in [-0.2, -0.15) is 0 Å². The van der Waals surface area contributed by atoms with Gasteiger partial charge in [-0.3, -0.25) is 9.59 Å². The molecule has 0 saturated heterocycles. The smallest absolute Gasteiger partial charge is 0.242 e. The second-order valence-corrected chi connectivity index (χ2v) is 8.74. The third-order valence-corrected chi connectivity index (χ3v) is 4.70. The molecule has 1 N–H and O–H groups in total. The summed E-state index contributed by atoms with van der Waals surface area (Å²) in [5, 5.41) is 4.19. The Labute approximate surface area is 176 Å². The molecule has 2 amide bonds. The maximum Gasteiger partial charge on any atom is 0.242 e. The number of carbonyl (C=O) groups excluding carboxylic acids is 2. The Kier molecular flexibility index (Phi) is 7.50. The van der Waals surface area contributed by atoms with Crippen LogP contribution in [-0.4, -0.2) is 28.3 Å². The van der Waals surface area contributed by atoms with E-state index >= 15 is 0 Å². The molecule has 0 aliphatic carbocycles. The van der Waals surface area contributed by atoms with Crippen LogP contribution in [0.5, 0.6) is 0 Å². The van der Waals surface area contributed by atoms with Crippen molar-refractivity contribution in [3.05, 3.63) is 69.7 Å². The summed E-state index contributed by atoms with van der Waals surface area (Å²) < 4.78 is 0. The van der Waals surface area contributed by atoms with Crippen molar-refractivity contribution in [3.8, 4) is 0 Å². The van der Waals surface area contributed by atoms with Gasteiger partial charge in [-0.1, -0.05) is 47.5 Å². The van der Waals surface area contributed by atoms with Crippen LogP contribution in [0.15, 0.2) is 48.5 Å². The Bertz CT molecular complexity index is 812. The minimum atomic E-state index is -0.616. The van der Waals surface area contributed by atoms with Gasteiger partial charge in [-0.15, -0.1) is 0 Å². The van der Waals surface area contributed by atoms with E-state index in [-0.39, 0.29) is 23.8 Å². The fourth-order valence-corrected chi connectivity index (χ4v) is 2.97. The molecule has 1 unspecified atom stereocenters. The molecule has 0 bridgehead atoms. The molecular formula is C22H26Cl2N2O2. The quantitative estimate of drug-likeness (QED) is 0.724. The number of carbonyl (C=O) groups is 2. The van der Waals surface area contributed by atoms with E-state index in [0.717, 1.165) is 11.1 Å². The average Bonchev–Trinajstić information content (AvgIpc) is 2.61. The van der Waals surface area contributed by atoms with Gasteiger partial charge in [0.2, 0.25) is 11.8 Å². The normalized spacial score (nSPS) is 12.4. The number of hydrogen-bond acceptors (Lipinski definition) is 2. The third kappa shape index (κ3) is 6.84. The van der Waals surface area contributed by atoms with Crippen molar-refractivity contribution >= 4 is 35.0 Å². The number of nitrogens with one attached hydrogen (secondary N) is 1. The summed E-state index contributed by atoms with van der Waals surface area (Å²) in [4.78, 5) is 27.4. The number of benzene rings is 2. The minimum absolute atomic E-state index is 0.131. The van der Waals surface area contributed by atoms with Crippen molar-refractivity contribution in [2.24, 2.45) is 0 Å². The molecule has 4 nitrogen and oxygen atoms in total. The SMILES string of the molecule is CC(C(=O)NC(C)(C)C)N(Cc1ccc(Cl)cc1)C(=O)Cc1ccc(Cl)cc1. The molecule has 0 aromatic heterocycles. The van der Waals surface area contributed by atoms with Crippen LogP contribution >= 0.6 is 23.2 Å². The van der Waals surface area contributed by atoms with Gasteiger partial charge in [-0.25, -0.2) is 0 Å². The average molecular weight is 421 g/mol. The Morgan fingerprint density at radius 3 is 1.86 bits per heavy atom. The lowest BCUT2D eigenvalue weighted by atomic mass is 10.1. The summed E-state index contributed by atoms with van der Waals surface area (Å²) in [7, 11) is 0. The highest BCUT2D eigenvalue weighted by Crippen LogP contribution is 2.17. The van der Waals surface area contributed by atoms with E-state index in [2.05, 4.69) is 5.32 Å². The number of halogens is 2. The summed E-state index contributed by atoms with van der Waals surface area (Å²) in [6, 6.07) is 13.8. The van der Waals surface area contributed by atoms with E-state index in [4.69, 9.17) is 23.2 Å². The summed E-state index contributed by atoms with van der Waals surface area (Å²) in [5.74, 6) is -0.320. The molecule has 0 aliphatic rings. The molecule has 0 radical (unpaired) electrons. The number of amides is 2. The summed E-state index contributed by atoms with van der Waals surface area (Å²) >= 11 is 11.9. The maximum absolute atomic E-state index is 13.1. The molecule has 0 spiro atoms. The molecule has 0 saturated carbocycles. The lowest BCUT2D eigenvalue weighted by molar-refractivity contribution is -0.140. The largest absolute Gasteiger partial charge is 0.350 e. The predicted molar refractivity (Wildman–Crippen MR) is 115 cm³/mol. The molecule has 2 rings (SSSR count). The van der Waals surface area contributed by atoms with E-state index < -0.39 is 6.04 Å². The molecule has 1 atom stereocenters. The van der Waals surface area contributed by atoms with Crippen molar-refractivity contribution in [3.63, 3.8) is 0 Å². The highest BCUT2D eigenvalue weighted by molar-refractivity contribution is 6.30. The molecule has 2 aromatic rings. The summed E-state index contributed by atoms with van der Waals surface area (Å²) in [5.41, 5.74) is 1.37. The van der Waals surface area contributed by atoms with E-state index in [0.29, 0.717) is 16.6 Å². The molecular weight excluding hydrogens is 395 g/mol. The Balaban J connectivity index is 2.23. The summed E-state index contributed by atoms with van der Waals surface area (Å²) in [6.45, 7) is 7.81. The molecule has 150 valence electrons. The van der Waals surface area contributed by atoms with Gasteiger partial charge in [0.25, 0.3) is 0 Å². The zero-order chi connectivity index (χ0) is 20.9. The van der Waals surface area contributed by atoms with Gasteiger partial charge in [0.05, 0.1) is 6.42 Å². The van der Waals surface area contributed by atoms with Gasteiger partial charge in [0, 0.05) is 22.1 Å². The van der Waals surface area contributed by atoms with Gasteiger partial charge in [-0.05, 0) is 63.1 Å². The van der Waals surface area contributed by atoms with Crippen LogP contribution in [-0.2, 0) is 22.6 Å². The number of rotatable bonds is 6. The van der Waals surface area contributed by atoms with Crippen molar-refractivity contribution in [1.82, 2.24) is 10.2 Å². The zero-order valence-corrected chi connectivity index (χ0v) is 18.1. The third-order valence-electron chi connectivity index (χ3n) is 4.20. The topological polar surface area (TPSA) is 49.4 Å².